The van der Waals surface area contributed by atoms with Crippen molar-refractivity contribution < 1.29 is 15.0 Å². The lowest BCUT2D eigenvalue weighted by molar-refractivity contribution is 0.0952. The molecule has 0 fully saturated rings. The number of nitrogens with zero attached hydrogens (tertiary/aromatic N) is 2. The summed E-state index contributed by atoms with van der Waals surface area (Å²) in [6, 6.07) is 12.5. The molecule has 0 saturated heterocycles. The number of phenolic OH excluding ortho intramolecular Hbond substituents is 1. The second-order valence-corrected chi connectivity index (χ2v) is 6.77. The lowest BCUT2D eigenvalue weighted by Gasteiger charge is -2.09. The molecule has 0 aliphatic rings. The van der Waals surface area contributed by atoms with Crippen LogP contribution in [0.25, 0.3) is 5.69 Å². The molecule has 142 valence electrons. The first-order valence-electron chi connectivity index (χ1n) is 7.84. The van der Waals surface area contributed by atoms with Gasteiger partial charge >= 0.3 is 5.69 Å². The third-order valence-electron chi connectivity index (χ3n) is 3.71. The van der Waals surface area contributed by atoms with E-state index in [1.807, 2.05) is 0 Å². The fourth-order valence-electron chi connectivity index (χ4n) is 2.37. The zero-order valence-electron chi connectivity index (χ0n) is 14.1. The summed E-state index contributed by atoms with van der Waals surface area (Å²) in [5.41, 5.74) is 0.456. The van der Waals surface area contributed by atoms with Gasteiger partial charge in [0.2, 0.25) is 5.88 Å². The number of amides is 1. The molecular weight excluding hydrogens is 479 g/mol. The van der Waals surface area contributed by atoms with E-state index in [0.717, 1.165) is 14.4 Å². The first kappa shape index (κ1) is 19.4. The first-order chi connectivity index (χ1) is 13.4. The summed E-state index contributed by atoms with van der Waals surface area (Å²) in [5, 5.41) is 23.7. The van der Waals surface area contributed by atoms with Crippen LogP contribution in [0.4, 0.5) is 0 Å². The number of carbonyl (C=O) groups excluding carboxylic acids is 1. The average molecular weight is 492 g/mol. The van der Waals surface area contributed by atoms with Crippen molar-refractivity contribution in [3.63, 3.8) is 0 Å². The quantitative estimate of drug-likeness (QED) is 0.247. The number of aromatic hydroxyl groups is 2. The zero-order valence-corrected chi connectivity index (χ0v) is 16.2. The average Bonchev–Trinajstić information content (AvgIpc) is 2.66. The maximum Gasteiger partial charge on any atom is 0.335 e. The summed E-state index contributed by atoms with van der Waals surface area (Å²) in [6.45, 7) is 0. The Kier molecular flexibility index (Phi) is 5.59. The normalized spacial score (nSPS) is 10.9. The fourth-order valence-corrected chi connectivity index (χ4v) is 2.73. The highest BCUT2D eigenvalue weighted by Gasteiger charge is 2.15. The molecule has 0 atom stereocenters. The number of hydrogen-bond acceptors (Lipinski definition) is 6. The van der Waals surface area contributed by atoms with Crippen LogP contribution in [-0.2, 0) is 0 Å². The fraction of sp³-hybridized carbons (Fsp3) is 0. The first-order valence-corrected chi connectivity index (χ1v) is 8.92. The number of hydrazone groups is 1. The van der Waals surface area contributed by atoms with Crippen LogP contribution in [0.15, 0.2) is 63.2 Å². The summed E-state index contributed by atoms with van der Waals surface area (Å²) < 4.78 is 1.83. The lowest BCUT2D eigenvalue weighted by atomic mass is 10.2. The molecule has 1 aromatic heterocycles. The van der Waals surface area contributed by atoms with E-state index in [4.69, 9.17) is 0 Å². The molecule has 0 aliphatic carbocycles. The van der Waals surface area contributed by atoms with Crippen LogP contribution >= 0.6 is 22.6 Å². The molecule has 0 saturated carbocycles. The molecule has 0 bridgehead atoms. The summed E-state index contributed by atoms with van der Waals surface area (Å²) in [4.78, 5) is 38.2. The van der Waals surface area contributed by atoms with Crippen LogP contribution in [0.5, 0.6) is 11.6 Å². The van der Waals surface area contributed by atoms with Crippen molar-refractivity contribution in [2.75, 3.05) is 0 Å². The maximum atomic E-state index is 12.1. The van der Waals surface area contributed by atoms with Gasteiger partial charge in [0, 0.05) is 3.57 Å². The molecule has 0 radical (unpaired) electrons. The number of nitrogens with one attached hydrogen (secondary N) is 2. The van der Waals surface area contributed by atoms with E-state index in [2.05, 4.69) is 38.1 Å². The number of hydrogen-bond donors (Lipinski definition) is 4. The Morgan fingerprint density at radius 2 is 1.79 bits per heavy atom. The van der Waals surface area contributed by atoms with Crippen LogP contribution in [0, 0.1) is 3.57 Å². The lowest BCUT2D eigenvalue weighted by Crippen LogP contribution is -2.31. The van der Waals surface area contributed by atoms with E-state index in [0.29, 0.717) is 5.69 Å². The van der Waals surface area contributed by atoms with E-state index >= 15 is 0 Å². The van der Waals surface area contributed by atoms with Gasteiger partial charge in [-0.2, -0.15) is 5.10 Å². The van der Waals surface area contributed by atoms with E-state index in [1.165, 1.54) is 12.1 Å². The van der Waals surface area contributed by atoms with Gasteiger partial charge in [0.05, 0.1) is 17.5 Å². The highest BCUT2D eigenvalue weighted by molar-refractivity contribution is 14.1. The largest absolute Gasteiger partial charge is 0.507 e. The number of H-pyrrole nitrogens is 1. The van der Waals surface area contributed by atoms with Crippen LogP contribution in [0.3, 0.4) is 0 Å². The zero-order chi connectivity index (χ0) is 20.3. The van der Waals surface area contributed by atoms with E-state index in [9.17, 15) is 24.6 Å². The van der Waals surface area contributed by atoms with E-state index in [1.54, 1.807) is 36.4 Å². The van der Waals surface area contributed by atoms with Gasteiger partial charge in [0.1, 0.15) is 11.3 Å². The summed E-state index contributed by atoms with van der Waals surface area (Å²) >= 11 is 2.09. The van der Waals surface area contributed by atoms with Crippen molar-refractivity contribution in [2.24, 2.45) is 5.10 Å². The monoisotopic (exact) mass is 492 g/mol. The van der Waals surface area contributed by atoms with Crippen molar-refractivity contribution in [1.29, 1.82) is 0 Å². The number of halogens is 1. The second kappa shape index (κ2) is 8.08. The van der Waals surface area contributed by atoms with Crippen LogP contribution in [0.2, 0.25) is 0 Å². The molecule has 3 aromatic rings. The molecular formula is C18H13IN4O5. The van der Waals surface area contributed by atoms with Gasteiger partial charge in [-0.1, -0.05) is 12.1 Å². The van der Waals surface area contributed by atoms with Gasteiger partial charge in [0.25, 0.3) is 11.5 Å². The standard InChI is InChI=1S/C18H13IN4O5/c19-10-5-7-11(8-6-10)23-17(27)13(15(25)21-18(23)28)9-20-22-16(26)12-3-1-2-4-14(12)24/h1-9,24,27H,(H,22,26)(H,21,25,28)/b20-9+. The van der Waals surface area contributed by atoms with Crippen LogP contribution < -0.4 is 16.7 Å². The Bertz CT molecular complexity index is 1180. The van der Waals surface area contributed by atoms with Crippen molar-refractivity contribution in [1.82, 2.24) is 15.0 Å². The topological polar surface area (TPSA) is 137 Å². The third kappa shape index (κ3) is 3.96. The molecule has 3 rings (SSSR count). The molecule has 10 heteroatoms. The molecule has 1 amide bonds. The molecule has 28 heavy (non-hydrogen) atoms. The maximum absolute atomic E-state index is 12.1. The van der Waals surface area contributed by atoms with Crippen molar-refractivity contribution in [3.05, 3.63) is 84.1 Å². The Morgan fingerprint density at radius 1 is 1.11 bits per heavy atom. The van der Waals surface area contributed by atoms with Gasteiger partial charge in [-0.15, -0.1) is 0 Å². The summed E-state index contributed by atoms with van der Waals surface area (Å²) in [5.74, 6) is -1.57. The van der Waals surface area contributed by atoms with Crippen molar-refractivity contribution in [2.45, 2.75) is 0 Å². The minimum absolute atomic E-state index is 0.0124. The SMILES string of the molecule is O=C(N/N=C/c1c(O)n(-c2ccc(I)cc2)c(=O)[nH]c1=O)c1ccccc1O. The number of phenols is 1. The van der Waals surface area contributed by atoms with Gasteiger partial charge in [-0.25, -0.2) is 14.8 Å². The molecule has 9 nitrogen and oxygen atoms in total. The Balaban J connectivity index is 1.93. The van der Waals surface area contributed by atoms with E-state index < -0.39 is 23.0 Å². The molecule has 2 aromatic carbocycles. The van der Waals surface area contributed by atoms with Gasteiger partial charge in [-0.3, -0.25) is 14.6 Å². The van der Waals surface area contributed by atoms with Gasteiger partial charge in [-0.05, 0) is 59.0 Å². The minimum atomic E-state index is -0.871. The third-order valence-corrected chi connectivity index (χ3v) is 4.43. The molecule has 4 N–H and O–H groups in total. The highest BCUT2D eigenvalue weighted by atomic mass is 127. The molecule has 0 unspecified atom stereocenters. The number of carbonyl (C=O) groups is 1. The number of rotatable bonds is 4. The summed E-state index contributed by atoms with van der Waals surface area (Å²) in [7, 11) is 0. The number of para-hydroxylation sites is 1. The number of benzene rings is 2. The Labute approximate surface area is 171 Å². The minimum Gasteiger partial charge on any atom is -0.507 e. The molecule has 0 aliphatic heterocycles. The molecule has 0 spiro atoms. The summed E-state index contributed by atoms with van der Waals surface area (Å²) in [6.07, 6.45) is 0.911. The Hall–Kier alpha value is -3.41. The number of aromatic amines is 1. The van der Waals surface area contributed by atoms with Crippen molar-refractivity contribution in [3.8, 4) is 17.3 Å². The van der Waals surface area contributed by atoms with Crippen LogP contribution in [0.1, 0.15) is 15.9 Å². The predicted octanol–water partition coefficient (Wildman–Crippen LogP) is 1.31. The van der Waals surface area contributed by atoms with Gasteiger partial charge in [0.15, 0.2) is 0 Å². The second-order valence-electron chi connectivity index (χ2n) is 5.52. The predicted molar refractivity (Wildman–Crippen MR) is 110 cm³/mol. The van der Waals surface area contributed by atoms with E-state index in [-0.39, 0.29) is 16.9 Å². The Morgan fingerprint density at radius 3 is 2.46 bits per heavy atom. The van der Waals surface area contributed by atoms with Crippen LogP contribution in [-0.4, -0.2) is 31.9 Å². The highest BCUT2D eigenvalue weighted by Crippen LogP contribution is 2.17. The smallest absolute Gasteiger partial charge is 0.335 e. The number of aromatic nitrogens is 2. The molecule has 1 heterocycles. The van der Waals surface area contributed by atoms with Gasteiger partial charge < -0.3 is 10.2 Å². The van der Waals surface area contributed by atoms with Crippen molar-refractivity contribution >= 4 is 34.7 Å².